The van der Waals surface area contributed by atoms with Crippen LogP contribution in [-0.4, -0.2) is 56.3 Å². The molecule has 166 valence electrons. The second-order valence-corrected chi connectivity index (χ2v) is 7.31. The van der Waals surface area contributed by atoms with Crippen molar-refractivity contribution in [3.63, 3.8) is 0 Å². The Hall–Kier alpha value is -3.56. The lowest BCUT2D eigenvalue weighted by molar-refractivity contribution is 0.102. The van der Waals surface area contributed by atoms with Gasteiger partial charge in [-0.3, -0.25) is 9.67 Å². The van der Waals surface area contributed by atoms with Gasteiger partial charge in [-0.05, 0) is 31.2 Å². The van der Waals surface area contributed by atoms with Gasteiger partial charge in [0.25, 0.3) is 0 Å². The van der Waals surface area contributed by atoms with Crippen molar-refractivity contribution in [2.75, 3.05) is 25.2 Å². The van der Waals surface area contributed by atoms with Crippen LogP contribution in [0.3, 0.4) is 0 Å². The molecule has 0 aliphatic rings. The molecule has 0 spiro atoms. The number of aromatic nitrogens is 4. The largest absolute Gasteiger partial charge is 0.497 e. The van der Waals surface area contributed by atoms with Crippen molar-refractivity contribution in [2.45, 2.75) is 19.6 Å². The van der Waals surface area contributed by atoms with E-state index in [0.29, 0.717) is 33.9 Å². The van der Waals surface area contributed by atoms with E-state index < -0.39 is 18.5 Å². The predicted molar refractivity (Wildman–Crippen MR) is 119 cm³/mol. The van der Waals surface area contributed by atoms with Crippen molar-refractivity contribution < 1.29 is 19.3 Å². The van der Waals surface area contributed by atoms with Crippen LogP contribution in [0.5, 0.6) is 5.75 Å². The minimum atomic E-state index is -1.03. The average Bonchev–Trinajstić information content (AvgIpc) is 3.30. The highest BCUT2D eigenvalue weighted by Crippen LogP contribution is 2.32. The standard InChI is InChI=1S/C23H24FN5O3/c1-3-28-12-15(10-26-28)23-11-25-21-5-4-17(9-22(21)27-23)29(13-19(31)14-30)18-6-16(24)7-20(8-18)32-2/h4-12,19,30-31H,3,13-14H2,1-2H3. The number of anilines is 2. The van der Waals surface area contributed by atoms with Crippen LogP contribution in [0.25, 0.3) is 22.3 Å². The molecule has 0 aliphatic heterocycles. The number of benzene rings is 2. The average molecular weight is 437 g/mol. The van der Waals surface area contributed by atoms with E-state index >= 15 is 0 Å². The Labute approximate surface area is 184 Å². The van der Waals surface area contributed by atoms with Crippen LogP contribution < -0.4 is 9.64 Å². The van der Waals surface area contributed by atoms with Crippen LogP contribution in [0.15, 0.2) is 55.0 Å². The van der Waals surface area contributed by atoms with Crippen LogP contribution in [0.4, 0.5) is 15.8 Å². The Kier molecular flexibility index (Phi) is 6.29. The summed E-state index contributed by atoms with van der Waals surface area (Å²) in [6, 6.07) is 9.73. The lowest BCUT2D eigenvalue weighted by Crippen LogP contribution is -2.31. The summed E-state index contributed by atoms with van der Waals surface area (Å²) in [6.45, 7) is 2.38. The molecule has 1 atom stereocenters. The molecule has 1 unspecified atom stereocenters. The van der Waals surface area contributed by atoms with E-state index in [9.17, 15) is 14.6 Å². The molecule has 0 saturated heterocycles. The number of hydrogen-bond donors (Lipinski definition) is 2. The molecule has 9 heteroatoms. The number of rotatable bonds is 8. The number of nitrogens with zero attached hydrogens (tertiary/aromatic N) is 5. The Balaban J connectivity index is 1.78. The van der Waals surface area contributed by atoms with E-state index in [1.807, 2.05) is 36.0 Å². The van der Waals surface area contributed by atoms with E-state index in [0.717, 1.165) is 12.1 Å². The van der Waals surface area contributed by atoms with Crippen molar-refractivity contribution in [1.82, 2.24) is 19.7 Å². The highest BCUT2D eigenvalue weighted by molar-refractivity contribution is 5.82. The summed E-state index contributed by atoms with van der Waals surface area (Å²) in [5.74, 6) is -0.127. The molecule has 8 nitrogen and oxygen atoms in total. The first-order chi connectivity index (χ1) is 15.5. The molecule has 0 aliphatic carbocycles. The van der Waals surface area contributed by atoms with Gasteiger partial charge in [-0.1, -0.05) is 0 Å². The SMILES string of the molecule is CCn1cc(-c2cnc3ccc(N(CC(O)CO)c4cc(F)cc(OC)c4)cc3n2)cn1. The maximum absolute atomic E-state index is 14.2. The van der Waals surface area contributed by atoms with Crippen molar-refractivity contribution in [2.24, 2.45) is 0 Å². The quantitative estimate of drug-likeness (QED) is 0.437. The van der Waals surface area contributed by atoms with Crippen LogP contribution >= 0.6 is 0 Å². The molecule has 2 N–H and O–H groups in total. The molecule has 0 radical (unpaired) electrons. The van der Waals surface area contributed by atoms with E-state index in [1.54, 1.807) is 23.4 Å². The van der Waals surface area contributed by atoms with Crippen molar-refractivity contribution >= 4 is 22.4 Å². The topological polar surface area (TPSA) is 96.5 Å². The van der Waals surface area contributed by atoms with Crippen LogP contribution in [0.1, 0.15) is 6.92 Å². The first kappa shape index (κ1) is 21.7. The van der Waals surface area contributed by atoms with Crippen LogP contribution in [0.2, 0.25) is 0 Å². The monoisotopic (exact) mass is 437 g/mol. The fourth-order valence-electron chi connectivity index (χ4n) is 3.43. The fourth-order valence-corrected chi connectivity index (χ4v) is 3.43. The summed E-state index contributed by atoms with van der Waals surface area (Å²) < 4.78 is 21.2. The van der Waals surface area contributed by atoms with Gasteiger partial charge in [0.05, 0.1) is 55.5 Å². The summed E-state index contributed by atoms with van der Waals surface area (Å²) in [5.41, 5.74) is 4.00. The van der Waals surface area contributed by atoms with Crippen LogP contribution in [0, 0.1) is 5.82 Å². The van der Waals surface area contributed by atoms with Crippen molar-refractivity contribution in [1.29, 1.82) is 0 Å². The second kappa shape index (κ2) is 9.29. The molecule has 0 saturated carbocycles. The molecule has 0 fully saturated rings. The number of fused-ring (bicyclic) bond motifs is 1. The van der Waals surface area contributed by atoms with Gasteiger partial charge in [0.1, 0.15) is 11.6 Å². The first-order valence-electron chi connectivity index (χ1n) is 10.2. The van der Waals surface area contributed by atoms with Gasteiger partial charge in [-0.15, -0.1) is 0 Å². The lowest BCUT2D eigenvalue weighted by Gasteiger charge is -2.27. The molecule has 0 bridgehead atoms. The molecule has 4 aromatic rings. The van der Waals surface area contributed by atoms with Crippen molar-refractivity contribution in [3.05, 3.63) is 60.8 Å². The highest BCUT2D eigenvalue weighted by atomic mass is 19.1. The van der Waals surface area contributed by atoms with E-state index in [4.69, 9.17) is 9.72 Å². The number of ether oxygens (including phenoxy) is 1. The van der Waals surface area contributed by atoms with Gasteiger partial charge in [0.2, 0.25) is 0 Å². The molecule has 0 amide bonds. The molecule has 2 heterocycles. The zero-order valence-electron chi connectivity index (χ0n) is 17.8. The van der Waals surface area contributed by atoms with Gasteiger partial charge in [0.15, 0.2) is 0 Å². The van der Waals surface area contributed by atoms with Gasteiger partial charge >= 0.3 is 0 Å². The number of aliphatic hydroxyl groups excluding tert-OH is 2. The normalized spacial score (nSPS) is 12.2. The number of halogens is 1. The number of aryl methyl sites for hydroxylation is 1. The summed E-state index contributed by atoms with van der Waals surface area (Å²) in [4.78, 5) is 10.9. The molecule has 2 aromatic heterocycles. The summed E-state index contributed by atoms with van der Waals surface area (Å²) in [6.07, 6.45) is 4.32. The molecule has 2 aromatic carbocycles. The summed E-state index contributed by atoms with van der Waals surface area (Å²) in [7, 11) is 1.46. The Morgan fingerprint density at radius 3 is 2.69 bits per heavy atom. The third kappa shape index (κ3) is 4.53. The number of hydrogen-bond acceptors (Lipinski definition) is 7. The maximum atomic E-state index is 14.2. The Morgan fingerprint density at radius 1 is 1.12 bits per heavy atom. The van der Waals surface area contributed by atoms with Crippen LogP contribution in [-0.2, 0) is 6.54 Å². The summed E-state index contributed by atoms with van der Waals surface area (Å²) in [5, 5.41) is 23.8. The Morgan fingerprint density at radius 2 is 1.97 bits per heavy atom. The first-order valence-corrected chi connectivity index (χ1v) is 10.2. The maximum Gasteiger partial charge on any atom is 0.128 e. The van der Waals surface area contributed by atoms with E-state index in [1.165, 1.54) is 19.2 Å². The minimum absolute atomic E-state index is 0.0466. The van der Waals surface area contributed by atoms with Crippen molar-refractivity contribution in [3.8, 4) is 17.0 Å². The molecular weight excluding hydrogens is 413 g/mol. The zero-order valence-corrected chi connectivity index (χ0v) is 17.8. The van der Waals surface area contributed by atoms with Gasteiger partial charge in [-0.2, -0.15) is 5.10 Å². The van der Waals surface area contributed by atoms with Gasteiger partial charge in [0, 0.05) is 41.8 Å². The number of methoxy groups -OCH3 is 1. The van der Waals surface area contributed by atoms with E-state index in [-0.39, 0.29) is 6.54 Å². The smallest absolute Gasteiger partial charge is 0.128 e. The molecule has 4 rings (SSSR count). The third-order valence-corrected chi connectivity index (χ3v) is 5.10. The fraction of sp³-hybridized carbons (Fsp3) is 0.261. The molecule has 32 heavy (non-hydrogen) atoms. The lowest BCUT2D eigenvalue weighted by atomic mass is 10.1. The minimum Gasteiger partial charge on any atom is -0.497 e. The predicted octanol–water partition coefficient (Wildman–Crippen LogP) is 3.15. The Bertz CT molecular complexity index is 1230. The molecular formula is C23H24FN5O3. The summed E-state index contributed by atoms with van der Waals surface area (Å²) >= 11 is 0. The highest BCUT2D eigenvalue weighted by Gasteiger charge is 2.17. The van der Waals surface area contributed by atoms with Gasteiger partial charge < -0.3 is 19.8 Å². The van der Waals surface area contributed by atoms with E-state index in [2.05, 4.69) is 10.1 Å². The number of aliphatic hydroxyl groups is 2. The second-order valence-electron chi connectivity index (χ2n) is 7.31. The van der Waals surface area contributed by atoms with Gasteiger partial charge in [-0.25, -0.2) is 9.37 Å². The third-order valence-electron chi connectivity index (χ3n) is 5.10. The zero-order chi connectivity index (χ0) is 22.7.